The molecule has 5 nitrogen and oxygen atoms in total. The fraction of sp³-hybridized carbons (Fsp3) is 0.600. The number of halogens is 2. The molecule has 7 heteroatoms. The molecule has 0 aromatic heterocycles. The number of hydrogen-bond acceptors (Lipinski definition) is 5. The highest BCUT2D eigenvalue weighted by molar-refractivity contribution is 5.74. The zero-order valence-electron chi connectivity index (χ0n) is 9.44. The van der Waals surface area contributed by atoms with Crippen LogP contribution < -0.4 is 5.11 Å². The summed E-state index contributed by atoms with van der Waals surface area (Å²) < 4.78 is 34.8. The summed E-state index contributed by atoms with van der Waals surface area (Å²) in [6, 6.07) is 0. The van der Waals surface area contributed by atoms with Crippen LogP contribution in [0, 0.1) is 5.92 Å². The van der Waals surface area contributed by atoms with Crippen molar-refractivity contribution in [2.45, 2.75) is 25.9 Å². The Bertz CT molecular complexity index is 301. The third-order valence-corrected chi connectivity index (χ3v) is 1.78. The van der Waals surface area contributed by atoms with Crippen molar-refractivity contribution in [3.05, 3.63) is 12.7 Å². The molecule has 0 aromatic carbocycles. The number of aliphatic carboxylic acids is 1. The Morgan fingerprint density at radius 2 is 2.00 bits per heavy atom. The van der Waals surface area contributed by atoms with Crippen LogP contribution in [0.1, 0.15) is 13.8 Å². The summed E-state index contributed by atoms with van der Waals surface area (Å²) in [6.45, 7) is 5.58. The van der Waals surface area contributed by atoms with Gasteiger partial charge in [0.25, 0.3) is 0 Å². The lowest BCUT2D eigenvalue weighted by molar-refractivity contribution is -0.337. The van der Waals surface area contributed by atoms with Crippen LogP contribution in [0.25, 0.3) is 0 Å². The van der Waals surface area contributed by atoms with E-state index in [0.29, 0.717) is 0 Å². The molecule has 0 aliphatic heterocycles. The Kier molecular flexibility index (Phi) is 5.57. The van der Waals surface area contributed by atoms with Crippen molar-refractivity contribution in [2.24, 2.45) is 5.92 Å². The van der Waals surface area contributed by atoms with E-state index in [0.717, 1.165) is 0 Å². The standard InChI is InChI=1S/C10H14F2O5/c1-4-5-16-9(15)17-7(6(2)3)10(11,12)8(13)14/h4,6-7H,1,5H2,2-3H3,(H,13,14)/p-1. The van der Waals surface area contributed by atoms with Gasteiger partial charge in [-0.05, 0) is 5.92 Å². The van der Waals surface area contributed by atoms with Gasteiger partial charge in [-0.2, -0.15) is 8.78 Å². The molecule has 1 unspecified atom stereocenters. The molecule has 98 valence electrons. The second kappa shape index (κ2) is 6.17. The van der Waals surface area contributed by atoms with Crippen LogP contribution in [0.5, 0.6) is 0 Å². The van der Waals surface area contributed by atoms with Crippen LogP contribution in [-0.4, -0.2) is 30.8 Å². The monoisotopic (exact) mass is 251 g/mol. The quantitative estimate of drug-likeness (QED) is 0.514. The third kappa shape index (κ3) is 4.38. The van der Waals surface area contributed by atoms with Crippen molar-refractivity contribution in [1.82, 2.24) is 0 Å². The van der Waals surface area contributed by atoms with Crippen LogP contribution in [0.4, 0.5) is 13.6 Å². The first-order chi connectivity index (χ1) is 7.73. The average molecular weight is 251 g/mol. The van der Waals surface area contributed by atoms with E-state index in [2.05, 4.69) is 16.1 Å². The summed E-state index contributed by atoms with van der Waals surface area (Å²) >= 11 is 0. The zero-order chi connectivity index (χ0) is 13.6. The number of carbonyl (C=O) groups excluding carboxylic acids is 2. The van der Waals surface area contributed by atoms with Crippen molar-refractivity contribution < 1.29 is 33.0 Å². The fourth-order valence-corrected chi connectivity index (χ4v) is 1.01. The molecule has 0 rings (SSSR count). The van der Waals surface area contributed by atoms with Crippen molar-refractivity contribution in [3.63, 3.8) is 0 Å². The first-order valence-corrected chi connectivity index (χ1v) is 4.77. The highest BCUT2D eigenvalue weighted by atomic mass is 19.3. The minimum Gasteiger partial charge on any atom is -0.544 e. The normalized spacial score (nSPS) is 13.0. The van der Waals surface area contributed by atoms with Gasteiger partial charge in [-0.25, -0.2) is 4.79 Å². The molecule has 0 fully saturated rings. The van der Waals surface area contributed by atoms with E-state index >= 15 is 0 Å². The maximum atomic E-state index is 13.1. The molecule has 0 aromatic rings. The Morgan fingerprint density at radius 1 is 1.47 bits per heavy atom. The van der Waals surface area contributed by atoms with Gasteiger partial charge in [0.15, 0.2) is 6.10 Å². The zero-order valence-corrected chi connectivity index (χ0v) is 9.44. The average Bonchev–Trinajstić information content (AvgIpc) is 2.21. The number of ether oxygens (including phenoxy) is 2. The number of carboxylic acids is 1. The van der Waals surface area contributed by atoms with Crippen LogP contribution in [0.3, 0.4) is 0 Å². The van der Waals surface area contributed by atoms with Crippen LogP contribution in [0.15, 0.2) is 12.7 Å². The van der Waals surface area contributed by atoms with E-state index in [4.69, 9.17) is 0 Å². The van der Waals surface area contributed by atoms with Gasteiger partial charge < -0.3 is 19.4 Å². The molecular weight excluding hydrogens is 238 g/mol. The van der Waals surface area contributed by atoms with E-state index < -0.39 is 30.1 Å². The molecule has 0 radical (unpaired) electrons. The summed E-state index contributed by atoms with van der Waals surface area (Å²) in [5.41, 5.74) is 0. The lowest BCUT2D eigenvalue weighted by atomic mass is 10.0. The van der Waals surface area contributed by atoms with E-state index in [1.807, 2.05) is 0 Å². The first kappa shape index (κ1) is 15.3. The summed E-state index contributed by atoms with van der Waals surface area (Å²) in [7, 11) is 0. The topological polar surface area (TPSA) is 75.7 Å². The summed E-state index contributed by atoms with van der Waals surface area (Å²) in [5.74, 6) is -7.80. The number of rotatable bonds is 6. The minimum atomic E-state index is -4.28. The molecular formula is C10H13F2O5-. The highest BCUT2D eigenvalue weighted by Crippen LogP contribution is 2.27. The lowest BCUT2D eigenvalue weighted by Crippen LogP contribution is -2.53. The van der Waals surface area contributed by atoms with Gasteiger partial charge >= 0.3 is 12.1 Å². The summed E-state index contributed by atoms with van der Waals surface area (Å²) in [6.07, 6.45) is -2.32. The molecule has 0 aliphatic rings. The van der Waals surface area contributed by atoms with Gasteiger partial charge in [-0.15, -0.1) is 0 Å². The third-order valence-electron chi connectivity index (χ3n) is 1.78. The smallest absolute Gasteiger partial charge is 0.509 e. The molecule has 0 heterocycles. The number of hydrogen-bond donors (Lipinski definition) is 0. The first-order valence-electron chi connectivity index (χ1n) is 4.77. The molecule has 0 saturated carbocycles. The van der Waals surface area contributed by atoms with E-state index in [1.54, 1.807) is 0 Å². The Labute approximate surface area is 97.0 Å². The SMILES string of the molecule is C=CCOC(=O)OC(C(C)C)C(F)(F)C(=O)[O-]. The fourth-order valence-electron chi connectivity index (χ4n) is 1.01. The van der Waals surface area contributed by atoms with Crippen molar-refractivity contribution >= 4 is 12.1 Å². The second-order valence-corrected chi connectivity index (χ2v) is 3.54. The van der Waals surface area contributed by atoms with Crippen LogP contribution in [-0.2, 0) is 14.3 Å². The lowest BCUT2D eigenvalue weighted by Gasteiger charge is -2.29. The van der Waals surface area contributed by atoms with Crippen molar-refractivity contribution in [2.75, 3.05) is 6.61 Å². The van der Waals surface area contributed by atoms with Gasteiger partial charge in [-0.1, -0.05) is 26.5 Å². The Morgan fingerprint density at radius 3 is 2.35 bits per heavy atom. The Balaban J connectivity index is 4.71. The molecule has 0 aliphatic carbocycles. The van der Waals surface area contributed by atoms with Gasteiger partial charge in [0.2, 0.25) is 0 Å². The van der Waals surface area contributed by atoms with Gasteiger partial charge in [-0.3, -0.25) is 0 Å². The minimum absolute atomic E-state index is 0.222. The maximum Gasteiger partial charge on any atom is 0.509 e. The molecule has 0 amide bonds. The van der Waals surface area contributed by atoms with Crippen molar-refractivity contribution in [1.29, 1.82) is 0 Å². The summed E-state index contributed by atoms with van der Waals surface area (Å²) in [4.78, 5) is 21.2. The van der Waals surface area contributed by atoms with Gasteiger partial charge in [0.1, 0.15) is 12.6 Å². The molecule has 0 spiro atoms. The predicted octanol–water partition coefficient (Wildman–Crippen LogP) is 0.735. The van der Waals surface area contributed by atoms with Gasteiger partial charge in [0, 0.05) is 0 Å². The summed E-state index contributed by atoms with van der Waals surface area (Å²) in [5, 5.41) is 10.3. The number of carbonyl (C=O) groups is 2. The molecule has 0 bridgehead atoms. The number of carboxylic acid groups (broad SMARTS) is 1. The van der Waals surface area contributed by atoms with E-state index in [-0.39, 0.29) is 6.61 Å². The van der Waals surface area contributed by atoms with E-state index in [1.165, 1.54) is 19.9 Å². The van der Waals surface area contributed by atoms with Gasteiger partial charge in [0.05, 0.1) is 0 Å². The molecule has 0 N–H and O–H groups in total. The molecule has 0 saturated heterocycles. The molecule has 17 heavy (non-hydrogen) atoms. The highest BCUT2D eigenvalue weighted by Gasteiger charge is 2.46. The predicted molar refractivity (Wildman–Crippen MR) is 51.2 cm³/mol. The molecule has 1 atom stereocenters. The Hall–Kier alpha value is -1.66. The van der Waals surface area contributed by atoms with E-state index in [9.17, 15) is 23.5 Å². The number of alkyl halides is 2. The maximum absolute atomic E-state index is 13.1. The second-order valence-electron chi connectivity index (χ2n) is 3.54. The van der Waals surface area contributed by atoms with Crippen molar-refractivity contribution in [3.8, 4) is 0 Å². The van der Waals surface area contributed by atoms with Crippen LogP contribution in [0.2, 0.25) is 0 Å². The van der Waals surface area contributed by atoms with Crippen LogP contribution >= 0.6 is 0 Å². The largest absolute Gasteiger partial charge is 0.544 e.